The number of aliphatic imine (C=N–C) groups is 1. The second-order valence-electron chi connectivity index (χ2n) is 8.57. The molecule has 14 heteroatoms. The highest BCUT2D eigenvalue weighted by Crippen LogP contribution is 2.41. The van der Waals surface area contributed by atoms with Gasteiger partial charge in [-0.2, -0.15) is 0 Å². The van der Waals surface area contributed by atoms with Gasteiger partial charge in [-0.1, -0.05) is 41.5 Å². The number of nitrogens with zero attached hydrogens (tertiary/aromatic N) is 7. The minimum absolute atomic E-state index is 0.0730. The van der Waals surface area contributed by atoms with Crippen molar-refractivity contribution in [1.29, 1.82) is 0 Å². The number of hydrogen-bond acceptors (Lipinski definition) is 10. The quantitative estimate of drug-likeness (QED) is 0.197. The number of hydrogen-bond donors (Lipinski definition) is 4. The molecule has 2 aliphatic rings. The third-order valence-corrected chi connectivity index (χ3v) is 6.26. The van der Waals surface area contributed by atoms with Gasteiger partial charge in [-0.25, -0.2) is 9.98 Å². The van der Waals surface area contributed by atoms with Crippen LogP contribution in [0.25, 0.3) is 10.4 Å². The van der Waals surface area contributed by atoms with Crippen LogP contribution in [-0.4, -0.2) is 57.2 Å². The number of benzene rings is 2. The zero-order chi connectivity index (χ0) is 26.7. The van der Waals surface area contributed by atoms with E-state index in [0.29, 0.717) is 11.4 Å². The number of nitrogens with two attached hydrogens (primary N) is 1. The molecule has 1 saturated heterocycles. The standard InChI is InChI=1S/C24H25N9O5/c25-23-29-21-20(27-13-32(21)19-11-17(18(12-34)38-19)37-14-28-31-26)24(36,30-23)22(35)33(15-7-3-1-4-8-15)16-9-5-2-6-10-16/h1-10,13,17-19,34,36H,11-12,14H2,(H3,25,29,30)/t17-,18+,19+,24?/m0/s1. The molecule has 14 nitrogen and oxygen atoms in total. The number of fused-ring (bicyclic) bond motifs is 1. The highest BCUT2D eigenvalue weighted by molar-refractivity contribution is 6.09. The van der Waals surface area contributed by atoms with Crippen molar-refractivity contribution in [2.24, 2.45) is 15.8 Å². The van der Waals surface area contributed by atoms with E-state index in [9.17, 15) is 15.0 Å². The third kappa shape index (κ3) is 4.53. The summed E-state index contributed by atoms with van der Waals surface area (Å²) >= 11 is 0. The summed E-state index contributed by atoms with van der Waals surface area (Å²) in [7, 11) is 0. The molecule has 38 heavy (non-hydrogen) atoms. The Morgan fingerprint density at radius 3 is 2.53 bits per heavy atom. The van der Waals surface area contributed by atoms with Gasteiger partial charge in [0.15, 0.2) is 5.96 Å². The van der Waals surface area contributed by atoms with Crippen LogP contribution in [0.4, 0.5) is 17.2 Å². The maximum Gasteiger partial charge on any atom is 0.293 e. The van der Waals surface area contributed by atoms with Gasteiger partial charge in [-0.3, -0.25) is 14.3 Å². The zero-order valence-electron chi connectivity index (χ0n) is 20.0. The SMILES string of the molecule is [N-]=[N+]=NCO[C@H]1C[C@H](n2cnc3c2NC(N)=NC3(O)C(=O)N(c2ccccc2)c2ccccc2)O[C@@H]1CO. The first-order chi connectivity index (χ1) is 18.5. The fourth-order valence-corrected chi connectivity index (χ4v) is 4.54. The number of ether oxygens (including phenoxy) is 2. The molecule has 0 spiro atoms. The van der Waals surface area contributed by atoms with Crippen molar-refractivity contribution >= 4 is 29.1 Å². The summed E-state index contributed by atoms with van der Waals surface area (Å²) in [5.74, 6) is -0.794. The minimum atomic E-state index is -2.46. The maximum absolute atomic E-state index is 14.1. The van der Waals surface area contributed by atoms with Crippen molar-refractivity contribution in [2.75, 3.05) is 23.6 Å². The van der Waals surface area contributed by atoms with Gasteiger partial charge in [0.2, 0.25) is 0 Å². The Morgan fingerprint density at radius 1 is 1.26 bits per heavy atom. The van der Waals surface area contributed by atoms with Gasteiger partial charge in [0, 0.05) is 22.7 Å². The molecule has 2 aromatic carbocycles. The van der Waals surface area contributed by atoms with Gasteiger partial charge in [0.1, 0.15) is 30.6 Å². The summed E-state index contributed by atoms with van der Waals surface area (Å²) in [4.78, 5) is 26.5. The molecule has 196 valence electrons. The second-order valence-corrected chi connectivity index (χ2v) is 8.57. The van der Waals surface area contributed by atoms with Crippen LogP contribution in [0.2, 0.25) is 0 Å². The normalized spacial score (nSPS) is 24.1. The fourth-order valence-electron chi connectivity index (χ4n) is 4.54. The molecule has 5 N–H and O–H groups in total. The predicted molar refractivity (Wildman–Crippen MR) is 136 cm³/mol. The first-order valence-corrected chi connectivity index (χ1v) is 11.7. The Morgan fingerprint density at radius 2 is 1.92 bits per heavy atom. The van der Waals surface area contributed by atoms with Crippen LogP contribution < -0.4 is 16.0 Å². The van der Waals surface area contributed by atoms with E-state index in [1.165, 1.54) is 11.2 Å². The molecule has 0 bridgehead atoms. The zero-order valence-corrected chi connectivity index (χ0v) is 20.0. The first-order valence-electron chi connectivity index (χ1n) is 11.7. The Bertz CT molecular complexity index is 1340. The molecule has 1 amide bonds. The van der Waals surface area contributed by atoms with E-state index in [1.807, 2.05) is 12.1 Å². The number of nitrogens with one attached hydrogen (secondary N) is 1. The predicted octanol–water partition coefficient (Wildman–Crippen LogP) is 2.07. The van der Waals surface area contributed by atoms with Crippen molar-refractivity contribution in [2.45, 2.75) is 30.6 Å². The molecular formula is C24H25N9O5. The van der Waals surface area contributed by atoms with E-state index in [2.05, 4.69) is 25.3 Å². The molecule has 0 saturated carbocycles. The monoisotopic (exact) mass is 519 g/mol. The summed E-state index contributed by atoms with van der Waals surface area (Å²) in [6.45, 7) is -0.562. The lowest BCUT2D eigenvalue weighted by Gasteiger charge is -2.33. The molecule has 5 rings (SSSR count). The first kappa shape index (κ1) is 25.2. The highest BCUT2D eigenvalue weighted by Gasteiger charge is 2.50. The number of carbonyl (C=O) groups excluding carboxylic acids is 1. The van der Waals surface area contributed by atoms with Crippen LogP contribution in [0.3, 0.4) is 0 Å². The lowest BCUT2D eigenvalue weighted by Crippen LogP contribution is -2.49. The molecule has 4 atom stereocenters. The van der Waals surface area contributed by atoms with Crippen molar-refractivity contribution < 1.29 is 24.5 Å². The summed E-state index contributed by atoms with van der Waals surface area (Å²) in [6, 6.07) is 17.7. The average molecular weight is 520 g/mol. The summed E-state index contributed by atoms with van der Waals surface area (Å²) < 4.78 is 13.0. The highest BCUT2D eigenvalue weighted by atomic mass is 16.6. The molecule has 0 aliphatic carbocycles. The second kappa shape index (κ2) is 10.5. The van der Waals surface area contributed by atoms with Crippen LogP contribution in [-0.2, 0) is 20.0 Å². The van der Waals surface area contributed by atoms with E-state index < -0.39 is 30.1 Å². The van der Waals surface area contributed by atoms with E-state index in [-0.39, 0.29) is 37.2 Å². The number of azide groups is 1. The smallest absolute Gasteiger partial charge is 0.293 e. The Kier molecular flexibility index (Phi) is 6.96. The Hall–Kier alpha value is -4.46. The average Bonchev–Trinajstić information content (AvgIpc) is 3.54. The minimum Gasteiger partial charge on any atom is -0.394 e. The molecule has 2 aliphatic heterocycles. The molecule has 0 radical (unpaired) electrons. The number of imidazole rings is 1. The number of para-hydroxylation sites is 2. The maximum atomic E-state index is 14.1. The summed E-state index contributed by atoms with van der Waals surface area (Å²) in [5, 5.41) is 27.7. The van der Waals surface area contributed by atoms with Gasteiger partial charge < -0.3 is 30.7 Å². The number of guanidine groups is 1. The molecule has 3 heterocycles. The van der Waals surface area contributed by atoms with Crippen molar-refractivity contribution in [3.63, 3.8) is 0 Å². The summed E-state index contributed by atoms with van der Waals surface area (Å²) in [5.41, 5.74) is 13.0. The van der Waals surface area contributed by atoms with Crippen LogP contribution in [0.1, 0.15) is 18.3 Å². The third-order valence-electron chi connectivity index (χ3n) is 6.26. The summed E-state index contributed by atoms with van der Waals surface area (Å²) in [6.07, 6.45) is -0.324. The number of anilines is 3. The lowest BCUT2D eigenvalue weighted by atomic mass is 10.1. The van der Waals surface area contributed by atoms with Crippen molar-refractivity contribution in [3.8, 4) is 0 Å². The fraction of sp³-hybridized carbons (Fsp3) is 0.292. The topological polar surface area (TPSA) is 196 Å². The molecule has 3 aromatic rings. The molecule has 1 unspecified atom stereocenters. The number of rotatable bonds is 8. The number of aliphatic hydroxyl groups is 2. The molecule has 1 aromatic heterocycles. The van der Waals surface area contributed by atoms with Crippen LogP contribution in [0, 0.1) is 0 Å². The van der Waals surface area contributed by atoms with Crippen LogP contribution >= 0.6 is 0 Å². The van der Waals surface area contributed by atoms with Crippen LogP contribution in [0.5, 0.6) is 0 Å². The van der Waals surface area contributed by atoms with Gasteiger partial charge in [0.05, 0.1) is 19.0 Å². The number of carbonyl (C=O) groups is 1. The van der Waals surface area contributed by atoms with E-state index in [0.717, 1.165) is 0 Å². The Labute approximate surface area is 216 Å². The van der Waals surface area contributed by atoms with E-state index in [4.69, 9.17) is 20.7 Å². The van der Waals surface area contributed by atoms with Crippen LogP contribution in [0.15, 0.2) is 77.1 Å². The number of aromatic nitrogens is 2. The van der Waals surface area contributed by atoms with Crippen molar-refractivity contribution in [3.05, 3.63) is 83.1 Å². The van der Waals surface area contributed by atoms with E-state index >= 15 is 0 Å². The van der Waals surface area contributed by atoms with E-state index in [1.54, 1.807) is 53.1 Å². The van der Waals surface area contributed by atoms with Gasteiger partial charge in [-0.05, 0) is 29.8 Å². The Balaban J connectivity index is 1.51. The van der Waals surface area contributed by atoms with Crippen molar-refractivity contribution in [1.82, 2.24) is 9.55 Å². The number of aliphatic hydroxyl groups excluding tert-OH is 1. The molecule has 1 fully saturated rings. The largest absolute Gasteiger partial charge is 0.394 e. The number of amides is 1. The van der Waals surface area contributed by atoms with Gasteiger partial charge in [0.25, 0.3) is 11.6 Å². The lowest BCUT2D eigenvalue weighted by molar-refractivity contribution is -0.136. The van der Waals surface area contributed by atoms with Gasteiger partial charge >= 0.3 is 0 Å². The van der Waals surface area contributed by atoms with Gasteiger partial charge in [-0.15, -0.1) is 0 Å². The molecular weight excluding hydrogens is 494 g/mol.